The minimum Gasteiger partial charge on any atom is -0.350 e. The van der Waals surface area contributed by atoms with Gasteiger partial charge in [-0.1, -0.05) is 44.2 Å². The second kappa shape index (κ2) is 5.87. The van der Waals surface area contributed by atoms with Gasteiger partial charge in [0.2, 0.25) is 0 Å². The van der Waals surface area contributed by atoms with Crippen molar-refractivity contribution in [1.82, 2.24) is 5.32 Å². The molecule has 1 amide bonds. The zero-order valence-corrected chi connectivity index (χ0v) is 11.8. The van der Waals surface area contributed by atoms with Crippen molar-refractivity contribution in [1.29, 1.82) is 0 Å². The van der Waals surface area contributed by atoms with Crippen LogP contribution in [0.4, 0.5) is 0 Å². The predicted molar refractivity (Wildman–Crippen MR) is 80.3 cm³/mol. The molecule has 2 heteroatoms. The van der Waals surface area contributed by atoms with Gasteiger partial charge >= 0.3 is 0 Å². The fourth-order valence-corrected chi connectivity index (χ4v) is 2.40. The van der Waals surface area contributed by atoms with Crippen molar-refractivity contribution >= 4 is 16.7 Å². The zero-order valence-electron chi connectivity index (χ0n) is 11.8. The van der Waals surface area contributed by atoms with E-state index in [9.17, 15) is 4.79 Å². The molecule has 0 spiro atoms. The van der Waals surface area contributed by atoms with E-state index in [0.717, 1.165) is 22.8 Å². The lowest BCUT2D eigenvalue weighted by Gasteiger charge is -2.16. The number of rotatable bonds is 4. The van der Waals surface area contributed by atoms with Crippen molar-refractivity contribution in [3.8, 4) is 0 Å². The Hall–Kier alpha value is -1.83. The lowest BCUT2D eigenvalue weighted by atomic mass is 10.0. The topological polar surface area (TPSA) is 29.1 Å². The highest BCUT2D eigenvalue weighted by Crippen LogP contribution is 2.16. The number of carbonyl (C=O) groups excluding carboxylic acids is 1. The highest BCUT2D eigenvalue weighted by Gasteiger charge is 2.11. The summed E-state index contributed by atoms with van der Waals surface area (Å²) < 4.78 is 0. The van der Waals surface area contributed by atoms with Gasteiger partial charge in [-0.2, -0.15) is 0 Å². The highest BCUT2D eigenvalue weighted by molar-refractivity contribution is 5.98. The Labute approximate surface area is 114 Å². The van der Waals surface area contributed by atoms with Crippen molar-refractivity contribution in [2.75, 3.05) is 0 Å². The molecule has 2 aromatic carbocycles. The number of carbonyl (C=O) groups is 1. The average molecular weight is 255 g/mol. The first-order chi connectivity index (χ1) is 9.06. The molecule has 0 aliphatic heterocycles. The normalized spacial score (nSPS) is 12.6. The van der Waals surface area contributed by atoms with Gasteiger partial charge < -0.3 is 5.32 Å². The van der Waals surface area contributed by atoms with Crippen LogP contribution in [0.2, 0.25) is 0 Å². The molecule has 0 fully saturated rings. The van der Waals surface area contributed by atoms with Crippen LogP contribution in [0.1, 0.15) is 37.6 Å². The van der Waals surface area contributed by atoms with Crippen LogP contribution >= 0.6 is 0 Å². The van der Waals surface area contributed by atoms with E-state index in [4.69, 9.17) is 0 Å². The van der Waals surface area contributed by atoms with Crippen molar-refractivity contribution in [2.24, 2.45) is 5.92 Å². The highest BCUT2D eigenvalue weighted by atomic mass is 16.1. The number of benzene rings is 2. The molecule has 0 aliphatic carbocycles. The third-order valence-electron chi connectivity index (χ3n) is 3.21. The van der Waals surface area contributed by atoms with E-state index in [1.807, 2.05) is 36.4 Å². The van der Waals surface area contributed by atoms with Crippen LogP contribution in [0.25, 0.3) is 10.8 Å². The largest absolute Gasteiger partial charge is 0.350 e. The molecular weight excluding hydrogens is 234 g/mol. The van der Waals surface area contributed by atoms with E-state index in [1.165, 1.54) is 0 Å². The minimum atomic E-state index is 0.0129. The fraction of sp³-hybridized carbons (Fsp3) is 0.353. The van der Waals surface area contributed by atoms with Crippen LogP contribution < -0.4 is 5.32 Å². The molecule has 19 heavy (non-hydrogen) atoms. The van der Waals surface area contributed by atoms with Crippen molar-refractivity contribution in [2.45, 2.75) is 33.2 Å². The summed E-state index contributed by atoms with van der Waals surface area (Å²) in [6, 6.07) is 14.1. The molecular formula is C17H21NO. The Kier molecular flexibility index (Phi) is 4.20. The van der Waals surface area contributed by atoms with Gasteiger partial charge in [-0.15, -0.1) is 0 Å². The Morgan fingerprint density at radius 1 is 1.05 bits per heavy atom. The van der Waals surface area contributed by atoms with Gasteiger partial charge in [0.1, 0.15) is 0 Å². The summed E-state index contributed by atoms with van der Waals surface area (Å²) in [5.74, 6) is 0.603. The molecule has 0 radical (unpaired) electrons. The van der Waals surface area contributed by atoms with E-state index in [1.54, 1.807) is 0 Å². The molecule has 1 atom stereocenters. The Morgan fingerprint density at radius 2 is 1.74 bits per heavy atom. The standard InChI is InChI=1S/C17H21NO/c1-12(2)10-13(3)18-17(19)16-9-8-14-6-4-5-7-15(14)11-16/h4-9,11-13H,10H2,1-3H3,(H,18,19)/t13-/m1/s1. The molecule has 0 heterocycles. The third-order valence-corrected chi connectivity index (χ3v) is 3.21. The monoisotopic (exact) mass is 255 g/mol. The summed E-state index contributed by atoms with van der Waals surface area (Å²) in [7, 11) is 0. The van der Waals surface area contributed by atoms with Crippen LogP contribution in [-0.2, 0) is 0 Å². The zero-order chi connectivity index (χ0) is 13.8. The molecule has 100 valence electrons. The van der Waals surface area contributed by atoms with Gasteiger partial charge in [0.05, 0.1) is 0 Å². The first-order valence-electron chi connectivity index (χ1n) is 6.86. The fourth-order valence-electron chi connectivity index (χ4n) is 2.40. The molecule has 1 N–H and O–H groups in total. The number of hydrogen-bond acceptors (Lipinski definition) is 1. The number of amides is 1. The molecule has 2 nitrogen and oxygen atoms in total. The van der Waals surface area contributed by atoms with E-state index in [2.05, 4.69) is 32.2 Å². The first-order valence-corrected chi connectivity index (χ1v) is 6.86. The molecule has 2 aromatic rings. The van der Waals surface area contributed by atoms with Crippen LogP contribution in [0, 0.1) is 5.92 Å². The van der Waals surface area contributed by atoms with E-state index >= 15 is 0 Å². The van der Waals surface area contributed by atoms with E-state index < -0.39 is 0 Å². The van der Waals surface area contributed by atoms with Crippen molar-refractivity contribution in [3.05, 3.63) is 48.0 Å². The second-order valence-electron chi connectivity index (χ2n) is 5.57. The number of nitrogens with one attached hydrogen (secondary N) is 1. The summed E-state index contributed by atoms with van der Waals surface area (Å²) in [6.45, 7) is 6.39. The average Bonchev–Trinajstić information content (AvgIpc) is 2.37. The van der Waals surface area contributed by atoms with Crippen LogP contribution in [-0.4, -0.2) is 11.9 Å². The summed E-state index contributed by atoms with van der Waals surface area (Å²) in [4.78, 5) is 12.2. The van der Waals surface area contributed by atoms with E-state index in [-0.39, 0.29) is 11.9 Å². The lowest BCUT2D eigenvalue weighted by Crippen LogP contribution is -2.33. The quantitative estimate of drug-likeness (QED) is 0.879. The van der Waals surface area contributed by atoms with Crippen molar-refractivity contribution < 1.29 is 4.79 Å². The smallest absolute Gasteiger partial charge is 0.251 e. The molecule has 0 saturated carbocycles. The third kappa shape index (κ3) is 3.57. The SMILES string of the molecule is CC(C)C[C@@H](C)NC(=O)c1ccc2ccccc2c1. The van der Waals surface area contributed by atoms with Gasteiger partial charge in [0.15, 0.2) is 0 Å². The van der Waals surface area contributed by atoms with Crippen molar-refractivity contribution in [3.63, 3.8) is 0 Å². The maximum absolute atomic E-state index is 12.2. The maximum atomic E-state index is 12.2. The molecule has 0 saturated heterocycles. The molecule has 0 aliphatic rings. The molecule has 0 aromatic heterocycles. The predicted octanol–water partition coefficient (Wildman–Crippen LogP) is 4.00. The van der Waals surface area contributed by atoms with Gasteiger partial charge in [0, 0.05) is 11.6 Å². The summed E-state index contributed by atoms with van der Waals surface area (Å²) in [5, 5.41) is 5.32. The maximum Gasteiger partial charge on any atom is 0.251 e. The van der Waals surface area contributed by atoms with Gasteiger partial charge in [-0.25, -0.2) is 0 Å². The van der Waals surface area contributed by atoms with Crippen LogP contribution in [0.15, 0.2) is 42.5 Å². The summed E-state index contributed by atoms with van der Waals surface area (Å²) in [5.41, 5.74) is 0.731. The van der Waals surface area contributed by atoms with Gasteiger partial charge in [0.25, 0.3) is 5.91 Å². The minimum absolute atomic E-state index is 0.0129. The molecule has 0 unspecified atom stereocenters. The Bertz CT molecular complexity index is 574. The van der Waals surface area contributed by atoms with Crippen LogP contribution in [0.3, 0.4) is 0 Å². The van der Waals surface area contributed by atoms with E-state index in [0.29, 0.717) is 5.92 Å². The van der Waals surface area contributed by atoms with Gasteiger partial charge in [-0.3, -0.25) is 4.79 Å². The first kappa shape index (κ1) is 13.6. The number of hydrogen-bond donors (Lipinski definition) is 1. The molecule has 2 rings (SSSR count). The summed E-state index contributed by atoms with van der Waals surface area (Å²) >= 11 is 0. The lowest BCUT2D eigenvalue weighted by molar-refractivity contribution is 0.0936. The Morgan fingerprint density at radius 3 is 2.42 bits per heavy atom. The Balaban J connectivity index is 2.13. The van der Waals surface area contributed by atoms with Crippen LogP contribution in [0.5, 0.6) is 0 Å². The molecule has 0 bridgehead atoms. The second-order valence-corrected chi connectivity index (χ2v) is 5.57. The van der Waals surface area contributed by atoms with Gasteiger partial charge in [-0.05, 0) is 42.2 Å². The number of fused-ring (bicyclic) bond motifs is 1. The summed E-state index contributed by atoms with van der Waals surface area (Å²) in [6.07, 6.45) is 0.999.